The summed E-state index contributed by atoms with van der Waals surface area (Å²) in [6.07, 6.45) is 6.96. The number of carbonyl (C=O) groups excluding carboxylic acids is 2. The lowest BCUT2D eigenvalue weighted by Crippen LogP contribution is -2.45. The van der Waals surface area contributed by atoms with Crippen LogP contribution in [0.2, 0.25) is 0 Å². The molecule has 0 radical (unpaired) electrons. The fourth-order valence-electron chi connectivity index (χ4n) is 5.80. The van der Waals surface area contributed by atoms with E-state index in [1.165, 1.54) is 17.5 Å². The number of rotatable bonds is 8. The highest BCUT2D eigenvalue weighted by Crippen LogP contribution is 2.42. The second kappa shape index (κ2) is 12.1. The van der Waals surface area contributed by atoms with Gasteiger partial charge in [0.1, 0.15) is 0 Å². The number of benzene rings is 2. The third-order valence-corrected chi connectivity index (χ3v) is 8.96. The molecule has 2 aromatic rings. The average molecular weight is 575 g/mol. The van der Waals surface area contributed by atoms with Crippen LogP contribution in [-0.4, -0.2) is 47.8 Å². The van der Waals surface area contributed by atoms with Crippen molar-refractivity contribution in [3.05, 3.63) is 70.2 Å². The molecule has 2 amide bonds. The Morgan fingerprint density at radius 3 is 2.31 bits per heavy atom. The first kappa shape index (κ1) is 27.2. The van der Waals surface area contributed by atoms with Gasteiger partial charge in [-0.1, -0.05) is 64.8 Å². The molecule has 1 N–H and O–H groups in total. The summed E-state index contributed by atoms with van der Waals surface area (Å²) in [5, 5.41) is 3.33. The van der Waals surface area contributed by atoms with Gasteiger partial charge in [-0.25, -0.2) is 0 Å². The van der Waals surface area contributed by atoms with Crippen LogP contribution < -0.4 is 5.32 Å². The maximum Gasteiger partial charge on any atom is 0.229 e. The number of nitrogens with one attached hydrogen (secondary N) is 1. The predicted molar refractivity (Wildman–Crippen MR) is 149 cm³/mol. The minimum atomic E-state index is -0.177. The molecule has 3 aliphatic rings. The Hall–Kier alpha value is -1.89. The maximum atomic E-state index is 13.4. The summed E-state index contributed by atoms with van der Waals surface area (Å²) in [6, 6.07) is 18.7. The molecule has 0 bridgehead atoms. The number of piperidine rings is 1. The first-order chi connectivity index (χ1) is 17.0. The lowest BCUT2D eigenvalue weighted by atomic mass is 9.77. The highest BCUT2D eigenvalue weighted by molar-refractivity contribution is 9.10. The van der Waals surface area contributed by atoms with E-state index in [1.807, 2.05) is 30.3 Å². The van der Waals surface area contributed by atoms with Crippen molar-refractivity contribution >= 4 is 40.2 Å². The van der Waals surface area contributed by atoms with Crippen LogP contribution in [0.4, 0.5) is 0 Å². The lowest BCUT2D eigenvalue weighted by molar-refractivity contribution is -0.139. The van der Waals surface area contributed by atoms with Crippen molar-refractivity contribution < 1.29 is 9.59 Å². The van der Waals surface area contributed by atoms with Gasteiger partial charge < -0.3 is 15.1 Å². The average Bonchev–Trinajstić information content (AvgIpc) is 3.13. The number of hydrogen-bond donors (Lipinski definition) is 1. The quantitative estimate of drug-likeness (QED) is 0.438. The molecule has 0 aromatic heterocycles. The van der Waals surface area contributed by atoms with Gasteiger partial charge in [0.2, 0.25) is 11.8 Å². The first-order valence-electron chi connectivity index (χ1n) is 13.1. The molecular formula is C29H37BrClN3O2. The van der Waals surface area contributed by atoms with Crippen LogP contribution >= 0.6 is 28.3 Å². The SMILES string of the molecule is Cl.O=C(NC(CCN1CCC2(CC1)CCN(Cc1ccc(Br)cc1)C2=O)c1ccccc1)C1CCC1. The summed E-state index contributed by atoms with van der Waals surface area (Å²) in [5.41, 5.74) is 2.19. The molecule has 2 aromatic carbocycles. The summed E-state index contributed by atoms with van der Waals surface area (Å²) >= 11 is 3.49. The Bertz CT molecular complexity index is 1020. The molecule has 2 aliphatic heterocycles. The van der Waals surface area contributed by atoms with Gasteiger partial charge in [0.15, 0.2) is 0 Å². The number of likely N-dealkylation sites (tertiary alicyclic amines) is 2. The van der Waals surface area contributed by atoms with Crippen molar-refractivity contribution in [2.45, 2.75) is 57.5 Å². The molecule has 7 heteroatoms. The molecule has 2 saturated heterocycles. The number of amides is 2. The predicted octanol–water partition coefficient (Wildman–Crippen LogP) is 5.73. The highest BCUT2D eigenvalue weighted by atomic mass is 79.9. The zero-order valence-electron chi connectivity index (χ0n) is 20.8. The van der Waals surface area contributed by atoms with E-state index in [-0.39, 0.29) is 35.7 Å². The molecule has 3 fully saturated rings. The number of hydrogen-bond acceptors (Lipinski definition) is 3. The molecule has 194 valence electrons. The van der Waals surface area contributed by atoms with Crippen LogP contribution in [0.3, 0.4) is 0 Å². The van der Waals surface area contributed by atoms with Gasteiger partial charge >= 0.3 is 0 Å². The summed E-state index contributed by atoms with van der Waals surface area (Å²) in [4.78, 5) is 30.6. The molecule has 5 nitrogen and oxygen atoms in total. The van der Waals surface area contributed by atoms with Gasteiger partial charge in [-0.05, 0) is 74.9 Å². The summed E-state index contributed by atoms with van der Waals surface area (Å²) in [5.74, 6) is 0.755. The Kier molecular flexibility index (Phi) is 9.13. The minimum absolute atomic E-state index is 0. The molecule has 5 rings (SSSR count). The second-order valence-electron chi connectivity index (χ2n) is 10.6. The third-order valence-electron chi connectivity index (χ3n) is 8.43. The van der Waals surface area contributed by atoms with Gasteiger partial charge in [-0.15, -0.1) is 12.4 Å². The van der Waals surface area contributed by atoms with Crippen molar-refractivity contribution in [1.29, 1.82) is 0 Å². The smallest absolute Gasteiger partial charge is 0.229 e. The Morgan fingerprint density at radius 1 is 1.00 bits per heavy atom. The van der Waals surface area contributed by atoms with Crippen molar-refractivity contribution in [2.24, 2.45) is 11.3 Å². The van der Waals surface area contributed by atoms with Gasteiger partial charge in [-0.2, -0.15) is 0 Å². The number of halogens is 2. The monoisotopic (exact) mass is 573 g/mol. The van der Waals surface area contributed by atoms with Crippen LogP contribution in [0.1, 0.15) is 62.1 Å². The molecule has 1 spiro atoms. The normalized spacial score (nSPS) is 20.6. The Morgan fingerprint density at radius 2 is 1.67 bits per heavy atom. The summed E-state index contributed by atoms with van der Waals surface area (Å²) in [6.45, 7) is 4.42. The van der Waals surface area contributed by atoms with Crippen molar-refractivity contribution in [2.75, 3.05) is 26.2 Å². The van der Waals surface area contributed by atoms with Crippen LogP contribution in [0.25, 0.3) is 0 Å². The maximum absolute atomic E-state index is 13.4. The van der Waals surface area contributed by atoms with E-state index in [0.29, 0.717) is 12.5 Å². The standard InChI is InChI=1S/C29H36BrN3O2.ClH/c30-25-11-9-22(10-12-25)21-33-20-16-29(28(33)35)14-18-32(19-15-29)17-13-26(23-5-2-1-3-6-23)31-27(34)24-7-4-8-24;/h1-3,5-6,9-12,24,26H,4,7-8,13-21H2,(H,31,34);1H. The van der Waals surface area contributed by atoms with E-state index in [1.54, 1.807) is 0 Å². The number of nitrogens with zero attached hydrogens (tertiary/aromatic N) is 2. The van der Waals surface area contributed by atoms with Crippen molar-refractivity contribution in [3.8, 4) is 0 Å². The second-order valence-corrected chi connectivity index (χ2v) is 11.5. The topological polar surface area (TPSA) is 52.7 Å². The Labute approximate surface area is 229 Å². The lowest BCUT2D eigenvalue weighted by Gasteiger charge is -2.38. The van der Waals surface area contributed by atoms with Crippen LogP contribution in [0.5, 0.6) is 0 Å². The van der Waals surface area contributed by atoms with E-state index in [2.05, 4.69) is 55.3 Å². The highest BCUT2D eigenvalue weighted by Gasteiger charge is 2.47. The van der Waals surface area contributed by atoms with E-state index >= 15 is 0 Å². The van der Waals surface area contributed by atoms with E-state index in [0.717, 1.165) is 69.2 Å². The molecule has 1 unspecified atom stereocenters. The number of carbonyl (C=O) groups is 2. The van der Waals surface area contributed by atoms with Crippen molar-refractivity contribution in [1.82, 2.24) is 15.1 Å². The fourth-order valence-corrected chi connectivity index (χ4v) is 6.07. The molecule has 1 saturated carbocycles. The van der Waals surface area contributed by atoms with Gasteiger partial charge in [0.05, 0.1) is 11.5 Å². The van der Waals surface area contributed by atoms with E-state index in [4.69, 9.17) is 0 Å². The third kappa shape index (κ3) is 6.15. The molecule has 2 heterocycles. The van der Waals surface area contributed by atoms with Gasteiger partial charge in [0, 0.05) is 30.0 Å². The van der Waals surface area contributed by atoms with Crippen LogP contribution in [0.15, 0.2) is 59.1 Å². The van der Waals surface area contributed by atoms with Crippen molar-refractivity contribution in [3.63, 3.8) is 0 Å². The first-order valence-corrected chi connectivity index (χ1v) is 13.9. The van der Waals surface area contributed by atoms with Gasteiger partial charge in [-0.3, -0.25) is 9.59 Å². The fraction of sp³-hybridized carbons (Fsp3) is 0.517. The largest absolute Gasteiger partial charge is 0.349 e. The molecular weight excluding hydrogens is 538 g/mol. The molecule has 1 aliphatic carbocycles. The van der Waals surface area contributed by atoms with Crippen LogP contribution in [0, 0.1) is 11.3 Å². The van der Waals surface area contributed by atoms with Gasteiger partial charge in [0.25, 0.3) is 0 Å². The Balaban J connectivity index is 0.00000304. The summed E-state index contributed by atoms with van der Waals surface area (Å²) < 4.78 is 1.06. The zero-order chi connectivity index (χ0) is 24.3. The van der Waals surface area contributed by atoms with Crippen LogP contribution in [-0.2, 0) is 16.1 Å². The zero-order valence-corrected chi connectivity index (χ0v) is 23.2. The summed E-state index contributed by atoms with van der Waals surface area (Å²) in [7, 11) is 0. The molecule has 36 heavy (non-hydrogen) atoms. The van der Waals surface area contributed by atoms with E-state index < -0.39 is 0 Å². The van der Waals surface area contributed by atoms with E-state index in [9.17, 15) is 9.59 Å². The molecule has 1 atom stereocenters. The minimum Gasteiger partial charge on any atom is -0.349 e.